The molecule has 166 valence electrons. The van der Waals surface area contributed by atoms with E-state index >= 15 is 0 Å². The predicted octanol–water partition coefficient (Wildman–Crippen LogP) is 3.25. The maximum atomic E-state index is 14.3. The number of halogens is 2. The minimum atomic E-state index is -0.594. The molecule has 0 atom stereocenters. The molecule has 2 amide bonds. The van der Waals surface area contributed by atoms with Crippen LogP contribution in [0.2, 0.25) is 0 Å². The quantitative estimate of drug-likeness (QED) is 0.617. The van der Waals surface area contributed by atoms with Gasteiger partial charge >= 0.3 is 0 Å². The zero-order chi connectivity index (χ0) is 22.5. The van der Waals surface area contributed by atoms with Crippen molar-refractivity contribution in [2.24, 2.45) is 0 Å². The second-order valence-corrected chi connectivity index (χ2v) is 7.73. The van der Waals surface area contributed by atoms with Crippen LogP contribution in [0.4, 0.5) is 14.5 Å². The van der Waals surface area contributed by atoms with Gasteiger partial charge in [0, 0.05) is 18.5 Å². The monoisotopic (exact) mass is 439 g/mol. The van der Waals surface area contributed by atoms with Crippen molar-refractivity contribution in [2.75, 3.05) is 11.9 Å². The van der Waals surface area contributed by atoms with Gasteiger partial charge in [0.2, 0.25) is 11.8 Å². The summed E-state index contributed by atoms with van der Waals surface area (Å²) in [5, 5.41) is 13.5. The van der Waals surface area contributed by atoms with Crippen LogP contribution >= 0.6 is 0 Å². The molecule has 0 aliphatic carbocycles. The predicted molar refractivity (Wildman–Crippen MR) is 115 cm³/mol. The lowest BCUT2D eigenvalue weighted by Gasteiger charge is -2.11. The number of anilines is 1. The molecule has 2 aromatic carbocycles. The molecule has 0 fully saturated rings. The molecule has 0 saturated heterocycles. The molecular formula is C23H23F2N5O2. The molecule has 32 heavy (non-hydrogen) atoms. The number of nitrogens with zero attached hydrogens (tertiary/aromatic N) is 3. The number of aryl methyl sites for hydroxylation is 1. The Balaban J connectivity index is 1.39. The highest BCUT2D eigenvalue weighted by Crippen LogP contribution is 2.26. The van der Waals surface area contributed by atoms with E-state index in [2.05, 4.69) is 20.8 Å². The standard InChI is InChI=1S/C23H23F2N5O2/c24-17-6-4-5-15(11-17)12-21(31)26-14-22(32)27-19-13-16(8-9-18(19)25)23-29-28-20-7-2-1-3-10-30(20)23/h4-6,8-9,11,13H,1-3,7,10,12,14H2,(H,26,31)(H,27,32). The van der Waals surface area contributed by atoms with E-state index in [9.17, 15) is 18.4 Å². The molecule has 0 bridgehead atoms. The first kappa shape index (κ1) is 21.6. The number of carbonyl (C=O) groups is 2. The first-order valence-corrected chi connectivity index (χ1v) is 10.5. The lowest BCUT2D eigenvalue weighted by Crippen LogP contribution is -2.34. The number of fused-ring (bicyclic) bond motifs is 1. The van der Waals surface area contributed by atoms with Gasteiger partial charge in [-0.25, -0.2) is 8.78 Å². The van der Waals surface area contributed by atoms with Crippen molar-refractivity contribution in [1.82, 2.24) is 20.1 Å². The van der Waals surface area contributed by atoms with Gasteiger partial charge in [0.25, 0.3) is 0 Å². The van der Waals surface area contributed by atoms with E-state index in [-0.39, 0.29) is 18.7 Å². The van der Waals surface area contributed by atoms with E-state index in [1.807, 2.05) is 4.57 Å². The zero-order valence-corrected chi connectivity index (χ0v) is 17.4. The number of hydrogen-bond acceptors (Lipinski definition) is 4. The summed E-state index contributed by atoms with van der Waals surface area (Å²) >= 11 is 0. The Labute approximate surface area is 183 Å². The number of nitrogens with one attached hydrogen (secondary N) is 2. The SMILES string of the molecule is O=C(Cc1cccc(F)c1)NCC(=O)Nc1cc(-c2nnc3n2CCCCC3)ccc1F. The van der Waals surface area contributed by atoms with Crippen LogP contribution in [0.3, 0.4) is 0 Å². The number of rotatable bonds is 6. The van der Waals surface area contributed by atoms with Crippen molar-refractivity contribution in [2.45, 2.75) is 38.6 Å². The van der Waals surface area contributed by atoms with Gasteiger partial charge < -0.3 is 15.2 Å². The molecule has 2 N–H and O–H groups in total. The first-order chi connectivity index (χ1) is 15.5. The first-order valence-electron chi connectivity index (χ1n) is 10.5. The van der Waals surface area contributed by atoms with Crippen molar-refractivity contribution in [1.29, 1.82) is 0 Å². The van der Waals surface area contributed by atoms with E-state index in [0.29, 0.717) is 17.0 Å². The van der Waals surface area contributed by atoms with Crippen molar-refractivity contribution >= 4 is 17.5 Å². The van der Waals surface area contributed by atoms with Crippen LogP contribution in [0.25, 0.3) is 11.4 Å². The Morgan fingerprint density at radius 2 is 1.88 bits per heavy atom. The number of hydrogen-bond donors (Lipinski definition) is 2. The van der Waals surface area contributed by atoms with Crippen molar-refractivity contribution in [3.05, 3.63) is 65.5 Å². The average Bonchev–Trinajstić information content (AvgIpc) is 3.02. The summed E-state index contributed by atoms with van der Waals surface area (Å²) in [5.41, 5.74) is 1.14. The molecule has 0 saturated carbocycles. The summed E-state index contributed by atoms with van der Waals surface area (Å²) in [4.78, 5) is 24.3. The van der Waals surface area contributed by atoms with E-state index in [1.54, 1.807) is 12.1 Å². The van der Waals surface area contributed by atoms with Gasteiger partial charge in [0.15, 0.2) is 5.82 Å². The summed E-state index contributed by atoms with van der Waals surface area (Å²) in [6, 6.07) is 10.1. The van der Waals surface area contributed by atoms with Crippen LogP contribution < -0.4 is 10.6 Å². The molecule has 7 nitrogen and oxygen atoms in total. The summed E-state index contributed by atoms with van der Waals surface area (Å²) in [6.45, 7) is 0.465. The molecule has 3 aromatic rings. The van der Waals surface area contributed by atoms with Gasteiger partial charge in [-0.1, -0.05) is 18.6 Å². The third kappa shape index (κ3) is 5.16. The van der Waals surface area contributed by atoms with E-state index in [1.165, 1.54) is 30.3 Å². The van der Waals surface area contributed by atoms with Gasteiger partial charge in [-0.2, -0.15) is 0 Å². The maximum Gasteiger partial charge on any atom is 0.243 e. The maximum absolute atomic E-state index is 14.3. The summed E-state index contributed by atoms with van der Waals surface area (Å²) < 4.78 is 29.6. The number of amides is 2. The van der Waals surface area contributed by atoms with Gasteiger partial charge in [0.05, 0.1) is 18.7 Å². The number of benzene rings is 2. The van der Waals surface area contributed by atoms with E-state index in [0.717, 1.165) is 38.1 Å². The normalized spacial score (nSPS) is 13.2. The van der Waals surface area contributed by atoms with Crippen LogP contribution in [-0.2, 0) is 29.0 Å². The van der Waals surface area contributed by atoms with Crippen LogP contribution in [0.1, 0.15) is 30.7 Å². The highest BCUT2D eigenvalue weighted by atomic mass is 19.1. The second-order valence-electron chi connectivity index (χ2n) is 7.73. The Hall–Kier alpha value is -3.62. The van der Waals surface area contributed by atoms with Gasteiger partial charge in [0.1, 0.15) is 17.5 Å². The van der Waals surface area contributed by atoms with Gasteiger partial charge in [-0.15, -0.1) is 10.2 Å². The number of carbonyl (C=O) groups excluding carboxylic acids is 2. The highest BCUT2D eigenvalue weighted by molar-refractivity contribution is 5.95. The summed E-state index contributed by atoms with van der Waals surface area (Å²) in [6.07, 6.45) is 4.00. The Morgan fingerprint density at radius 1 is 1.00 bits per heavy atom. The van der Waals surface area contributed by atoms with Crippen LogP contribution in [-0.4, -0.2) is 33.1 Å². The van der Waals surface area contributed by atoms with Crippen LogP contribution in [0.15, 0.2) is 42.5 Å². The Morgan fingerprint density at radius 3 is 2.72 bits per heavy atom. The fraction of sp³-hybridized carbons (Fsp3) is 0.304. The topological polar surface area (TPSA) is 88.9 Å². The van der Waals surface area contributed by atoms with E-state index in [4.69, 9.17) is 0 Å². The molecule has 1 aliphatic heterocycles. The molecule has 0 radical (unpaired) electrons. The minimum Gasteiger partial charge on any atom is -0.347 e. The molecule has 4 rings (SSSR count). The molecule has 2 heterocycles. The third-order valence-electron chi connectivity index (χ3n) is 5.31. The second kappa shape index (κ2) is 9.67. The van der Waals surface area contributed by atoms with Crippen LogP contribution in [0, 0.1) is 11.6 Å². The van der Waals surface area contributed by atoms with Crippen molar-refractivity contribution in [3.8, 4) is 11.4 Å². The molecular weight excluding hydrogens is 416 g/mol. The lowest BCUT2D eigenvalue weighted by atomic mass is 10.1. The lowest BCUT2D eigenvalue weighted by molar-refractivity contribution is -0.123. The average molecular weight is 439 g/mol. The van der Waals surface area contributed by atoms with Crippen molar-refractivity contribution < 1.29 is 18.4 Å². The molecule has 0 unspecified atom stereocenters. The van der Waals surface area contributed by atoms with Gasteiger partial charge in [-0.05, 0) is 48.7 Å². The summed E-state index contributed by atoms with van der Waals surface area (Å²) in [7, 11) is 0. The Bertz CT molecular complexity index is 1150. The fourth-order valence-corrected chi connectivity index (χ4v) is 3.73. The summed E-state index contributed by atoms with van der Waals surface area (Å²) in [5.74, 6) is -0.495. The zero-order valence-electron chi connectivity index (χ0n) is 17.4. The molecule has 9 heteroatoms. The minimum absolute atomic E-state index is 0.00199. The Kier molecular flexibility index (Phi) is 6.53. The molecule has 0 spiro atoms. The fourth-order valence-electron chi connectivity index (χ4n) is 3.73. The molecule has 1 aliphatic rings. The van der Waals surface area contributed by atoms with E-state index < -0.39 is 23.4 Å². The van der Waals surface area contributed by atoms with Gasteiger partial charge in [-0.3, -0.25) is 9.59 Å². The molecule has 1 aromatic heterocycles. The third-order valence-corrected chi connectivity index (χ3v) is 5.31. The largest absolute Gasteiger partial charge is 0.347 e. The highest BCUT2D eigenvalue weighted by Gasteiger charge is 2.18. The number of aromatic nitrogens is 3. The van der Waals surface area contributed by atoms with Crippen LogP contribution in [0.5, 0.6) is 0 Å². The smallest absolute Gasteiger partial charge is 0.243 e. The van der Waals surface area contributed by atoms with Crippen molar-refractivity contribution in [3.63, 3.8) is 0 Å².